The summed E-state index contributed by atoms with van der Waals surface area (Å²) in [6.45, 7) is 1.91. The van der Waals surface area contributed by atoms with E-state index in [9.17, 15) is 4.79 Å². The molecule has 2 aromatic carbocycles. The Labute approximate surface area is 161 Å². The van der Waals surface area contributed by atoms with E-state index in [2.05, 4.69) is 24.3 Å². The van der Waals surface area contributed by atoms with Gasteiger partial charge in [0.25, 0.3) is 0 Å². The van der Waals surface area contributed by atoms with Gasteiger partial charge in [-0.3, -0.25) is 4.79 Å². The molecular formula is C23H29NO3. The summed E-state index contributed by atoms with van der Waals surface area (Å²) in [5.74, 6) is 0.721. The summed E-state index contributed by atoms with van der Waals surface area (Å²) in [7, 11) is 0. The van der Waals surface area contributed by atoms with Gasteiger partial charge in [-0.05, 0) is 43.9 Å². The molecule has 0 spiro atoms. The van der Waals surface area contributed by atoms with Crippen LogP contribution in [0.3, 0.4) is 0 Å². The second-order valence-corrected chi connectivity index (χ2v) is 7.38. The highest BCUT2D eigenvalue weighted by atomic mass is 16.6. The zero-order chi connectivity index (χ0) is 19.1. The van der Waals surface area contributed by atoms with E-state index >= 15 is 0 Å². The number of benzene rings is 2. The Kier molecular flexibility index (Phi) is 6.88. The number of rotatable bonds is 4. The van der Waals surface area contributed by atoms with Crippen LogP contribution in [-0.2, 0) is 16.0 Å². The van der Waals surface area contributed by atoms with Crippen molar-refractivity contribution in [3.8, 4) is 5.75 Å². The Morgan fingerprint density at radius 2 is 1.63 bits per heavy atom. The highest BCUT2D eigenvalue weighted by molar-refractivity contribution is 5.75. The number of ether oxygens (including phenoxy) is 2. The van der Waals surface area contributed by atoms with Crippen molar-refractivity contribution in [2.45, 2.75) is 57.3 Å². The Bertz CT molecular complexity index is 704. The fourth-order valence-corrected chi connectivity index (χ4v) is 3.76. The predicted octanol–water partition coefficient (Wildman–Crippen LogP) is 4.13. The van der Waals surface area contributed by atoms with E-state index in [1.54, 1.807) is 0 Å². The van der Waals surface area contributed by atoms with Crippen LogP contribution in [-0.4, -0.2) is 24.2 Å². The van der Waals surface area contributed by atoms with Crippen LogP contribution in [0.5, 0.6) is 5.75 Å². The third-order valence-corrected chi connectivity index (χ3v) is 5.23. The number of para-hydroxylation sites is 1. The molecule has 4 nitrogen and oxygen atoms in total. The van der Waals surface area contributed by atoms with Crippen molar-refractivity contribution in [3.63, 3.8) is 0 Å². The van der Waals surface area contributed by atoms with Crippen molar-refractivity contribution in [1.29, 1.82) is 0 Å². The lowest BCUT2D eigenvalue weighted by molar-refractivity contribution is -0.156. The van der Waals surface area contributed by atoms with Gasteiger partial charge in [-0.1, -0.05) is 61.4 Å². The van der Waals surface area contributed by atoms with Crippen molar-refractivity contribution in [2.75, 3.05) is 0 Å². The molecule has 3 rings (SSSR count). The topological polar surface area (TPSA) is 61.5 Å². The second-order valence-electron chi connectivity index (χ2n) is 7.38. The number of esters is 1. The SMILES string of the molecule is C[C@@H]1OC(=O)[C@@H](N)CCCC[C@H](Cc2ccccc2)[C@H]1Oc1ccccc1. The Morgan fingerprint density at radius 3 is 2.33 bits per heavy atom. The number of hydrogen-bond acceptors (Lipinski definition) is 4. The molecule has 0 amide bonds. The van der Waals surface area contributed by atoms with Crippen molar-refractivity contribution in [2.24, 2.45) is 11.7 Å². The molecule has 4 atom stereocenters. The smallest absolute Gasteiger partial charge is 0.323 e. The first-order chi connectivity index (χ1) is 13.1. The molecule has 1 aliphatic heterocycles. The van der Waals surface area contributed by atoms with E-state index in [-0.39, 0.29) is 24.1 Å². The lowest BCUT2D eigenvalue weighted by Crippen LogP contribution is -2.44. The normalized spacial score (nSPS) is 26.8. The summed E-state index contributed by atoms with van der Waals surface area (Å²) < 4.78 is 12.1. The molecular weight excluding hydrogens is 338 g/mol. The molecule has 1 fully saturated rings. The third kappa shape index (κ3) is 5.57. The van der Waals surface area contributed by atoms with Crippen molar-refractivity contribution in [3.05, 3.63) is 66.2 Å². The molecule has 2 aromatic rings. The van der Waals surface area contributed by atoms with E-state index in [1.165, 1.54) is 5.56 Å². The first-order valence-electron chi connectivity index (χ1n) is 9.85. The molecule has 0 radical (unpaired) electrons. The van der Waals surface area contributed by atoms with Crippen molar-refractivity contribution in [1.82, 2.24) is 0 Å². The predicted molar refractivity (Wildman–Crippen MR) is 106 cm³/mol. The van der Waals surface area contributed by atoms with Crippen molar-refractivity contribution >= 4 is 5.97 Å². The molecule has 0 saturated carbocycles. The quantitative estimate of drug-likeness (QED) is 0.826. The van der Waals surface area contributed by atoms with Gasteiger partial charge < -0.3 is 15.2 Å². The monoisotopic (exact) mass is 367 g/mol. The zero-order valence-electron chi connectivity index (χ0n) is 15.9. The summed E-state index contributed by atoms with van der Waals surface area (Å²) in [5, 5.41) is 0. The fourth-order valence-electron chi connectivity index (χ4n) is 3.76. The maximum absolute atomic E-state index is 12.3. The van der Waals surface area contributed by atoms with Gasteiger partial charge in [-0.2, -0.15) is 0 Å². The minimum Gasteiger partial charge on any atom is -0.486 e. The molecule has 27 heavy (non-hydrogen) atoms. The number of nitrogens with two attached hydrogens (primary N) is 1. The Morgan fingerprint density at radius 1 is 1.00 bits per heavy atom. The van der Waals surface area contributed by atoms with Crippen LogP contribution in [0.15, 0.2) is 60.7 Å². The molecule has 1 saturated heterocycles. The minimum atomic E-state index is -0.546. The van der Waals surface area contributed by atoms with Crippen molar-refractivity contribution < 1.29 is 14.3 Å². The fraction of sp³-hybridized carbons (Fsp3) is 0.435. The Balaban J connectivity index is 1.85. The van der Waals surface area contributed by atoms with E-state index in [0.29, 0.717) is 6.42 Å². The van der Waals surface area contributed by atoms with Gasteiger partial charge in [0.2, 0.25) is 0 Å². The zero-order valence-corrected chi connectivity index (χ0v) is 15.9. The van der Waals surface area contributed by atoms with Crippen LogP contribution >= 0.6 is 0 Å². The van der Waals surface area contributed by atoms with E-state index in [1.807, 2.05) is 43.3 Å². The van der Waals surface area contributed by atoms with Crippen LogP contribution in [0.25, 0.3) is 0 Å². The molecule has 0 bridgehead atoms. The largest absolute Gasteiger partial charge is 0.486 e. The van der Waals surface area contributed by atoms with Gasteiger partial charge in [0.15, 0.2) is 0 Å². The van der Waals surface area contributed by atoms with Crippen LogP contribution in [0.4, 0.5) is 0 Å². The average Bonchev–Trinajstić information content (AvgIpc) is 2.69. The van der Waals surface area contributed by atoms with Gasteiger partial charge in [0.05, 0.1) is 0 Å². The van der Waals surface area contributed by atoms with Gasteiger partial charge in [-0.25, -0.2) is 0 Å². The second kappa shape index (κ2) is 9.56. The van der Waals surface area contributed by atoms with Gasteiger partial charge >= 0.3 is 5.97 Å². The highest BCUT2D eigenvalue weighted by Crippen LogP contribution is 2.28. The van der Waals surface area contributed by atoms with Crippen LogP contribution < -0.4 is 10.5 Å². The van der Waals surface area contributed by atoms with Crippen LogP contribution in [0.2, 0.25) is 0 Å². The lowest BCUT2D eigenvalue weighted by atomic mass is 9.86. The van der Waals surface area contributed by atoms with E-state index in [4.69, 9.17) is 15.2 Å². The van der Waals surface area contributed by atoms with E-state index < -0.39 is 6.04 Å². The molecule has 0 aromatic heterocycles. The summed E-state index contributed by atoms with van der Waals surface area (Å²) in [6, 6.07) is 19.6. The number of carbonyl (C=O) groups is 1. The lowest BCUT2D eigenvalue weighted by Gasteiger charge is -2.33. The maximum Gasteiger partial charge on any atom is 0.323 e. The average molecular weight is 367 g/mol. The molecule has 1 heterocycles. The molecule has 2 N–H and O–H groups in total. The molecule has 144 valence electrons. The molecule has 1 aliphatic rings. The van der Waals surface area contributed by atoms with Gasteiger partial charge in [-0.15, -0.1) is 0 Å². The van der Waals surface area contributed by atoms with Gasteiger partial charge in [0, 0.05) is 5.92 Å². The number of hydrogen-bond donors (Lipinski definition) is 1. The first kappa shape index (κ1) is 19.4. The number of cyclic esters (lactones) is 1. The molecule has 4 heteroatoms. The standard InChI is InChI=1S/C23H29NO3/c1-17-22(27-20-13-6-3-7-14-20)19(16-18-10-4-2-5-11-18)12-8-9-15-21(24)23(25)26-17/h2-7,10-11,13-14,17,19,21-22H,8-9,12,15-16,24H2,1H3/t17-,19+,21-,22-/m0/s1. The van der Waals surface area contributed by atoms with Crippen LogP contribution in [0, 0.1) is 5.92 Å². The van der Waals surface area contributed by atoms with Gasteiger partial charge in [0.1, 0.15) is 24.0 Å². The summed E-state index contributed by atoms with van der Waals surface area (Å²) in [5.41, 5.74) is 7.25. The highest BCUT2D eigenvalue weighted by Gasteiger charge is 2.33. The number of carbonyl (C=O) groups excluding carboxylic acids is 1. The summed E-state index contributed by atoms with van der Waals surface area (Å²) >= 11 is 0. The third-order valence-electron chi connectivity index (χ3n) is 5.23. The van der Waals surface area contributed by atoms with E-state index in [0.717, 1.165) is 31.4 Å². The molecule has 0 unspecified atom stereocenters. The minimum absolute atomic E-state index is 0.221. The molecule has 0 aliphatic carbocycles. The summed E-state index contributed by atoms with van der Waals surface area (Å²) in [4.78, 5) is 12.3. The first-order valence-corrected chi connectivity index (χ1v) is 9.85. The maximum atomic E-state index is 12.3. The Hall–Kier alpha value is -2.33. The van der Waals surface area contributed by atoms with Crippen LogP contribution in [0.1, 0.15) is 38.2 Å². The summed E-state index contributed by atoms with van der Waals surface area (Å²) in [6.07, 6.45) is 3.95.